The summed E-state index contributed by atoms with van der Waals surface area (Å²) >= 11 is 0. The number of aromatic nitrogens is 3. The fourth-order valence-electron chi connectivity index (χ4n) is 4.35. The lowest BCUT2D eigenvalue weighted by atomic mass is 9.97. The second-order valence-corrected chi connectivity index (χ2v) is 8.79. The highest BCUT2D eigenvalue weighted by atomic mass is 16.5. The van der Waals surface area contributed by atoms with Gasteiger partial charge in [0.15, 0.2) is 11.5 Å². The first-order chi connectivity index (χ1) is 16.6. The van der Waals surface area contributed by atoms with Gasteiger partial charge in [0.1, 0.15) is 5.52 Å². The molecule has 3 heterocycles. The van der Waals surface area contributed by atoms with Crippen LogP contribution in [0.2, 0.25) is 0 Å². The summed E-state index contributed by atoms with van der Waals surface area (Å²) in [6.07, 6.45) is 4.11. The lowest BCUT2D eigenvalue weighted by molar-refractivity contribution is -0.125. The first-order valence-corrected chi connectivity index (χ1v) is 12.1. The molecule has 0 aliphatic carbocycles. The van der Waals surface area contributed by atoms with Gasteiger partial charge in [0, 0.05) is 39.0 Å². The van der Waals surface area contributed by atoms with Crippen molar-refractivity contribution in [1.82, 2.24) is 19.9 Å². The molecule has 4 rings (SSSR count). The molecule has 1 atom stereocenters. The first-order valence-electron chi connectivity index (χ1n) is 12.1. The molecule has 1 saturated heterocycles. The Balaban J connectivity index is 1.56. The van der Waals surface area contributed by atoms with Gasteiger partial charge >= 0.3 is 0 Å². The molecule has 0 spiro atoms. The molecule has 1 fully saturated rings. The topological polar surface area (TPSA) is 89.3 Å². The van der Waals surface area contributed by atoms with Crippen LogP contribution >= 0.6 is 0 Å². The van der Waals surface area contributed by atoms with Gasteiger partial charge in [0.05, 0.1) is 12.5 Å². The minimum Gasteiger partial charge on any atom is -0.382 e. The molecule has 0 saturated carbocycles. The molecule has 1 aliphatic heterocycles. The number of nitrogens with zero attached hydrogens (tertiary/aromatic N) is 4. The van der Waals surface area contributed by atoms with Gasteiger partial charge in [-0.05, 0) is 50.8 Å². The zero-order chi connectivity index (χ0) is 23.9. The number of fused-ring (bicyclic) bond motifs is 1. The van der Waals surface area contributed by atoms with Crippen LogP contribution in [0.15, 0.2) is 47.4 Å². The molecule has 0 bridgehead atoms. The van der Waals surface area contributed by atoms with Crippen molar-refractivity contribution >= 4 is 22.9 Å². The van der Waals surface area contributed by atoms with Gasteiger partial charge in [-0.15, -0.1) is 0 Å². The van der Waals surface area contributed by atoms with Crippen molar-refractivity contribution in [3.63, 3.8) is 0 Å². The molecule has 1 aromatic carbocycles. The van der Waals surface area contributed by atoms with E-state index in [2.05, 4.69) is 15.3 Å². The number of ether oxygens (including phenoxy) is 1. The van der Waals surface area contributed by atoms with E-state index in [4.69, 9.17) is 4.74 Å². The van der Waals surface area contributed by atoms with E-state index in [1.54, 1.807) is 10.8 Å². The lowest BCUT2D eigenvalue weighted by Gasteiger charge is -2.32. The average molecular weight is 464 g/mol. The van der Waals surface area contributed by atoms with Crippen LogP contribution in [0, 0.1) is 12.8 Å². The van der Waals surface area contributed by atoms with Gasteiger partial charge in [0.25, 0.3) is 5.56 Å². The van der Waals surface area contributed by atoms with Gasteiger partial charge in [-0.1, -0.05) is 29.8 Å². The van der Waals surface area contributed by atoms with Gasteiger partial charge in [-0.2, -0.15) is 0 Å². The smallest absolute Gasteiger partial charge is 0.295 e. The zero-order valence-corrected chi connectivity index (χ0v) is 20.0. The second kappa shape index (κ2) is 11.2. The third-order valence-electron chi connectivity index (χ3n) is 6.21. The summed E-state index contributed by atoms with van der Waals surface area (Å²) in [5.41, 5.74) is 3.26. The molecule has 180 valence electrons. The molecule has 8 nitrogen and oxygen atoms in total. The third-order valence-corrected chi connectivity index (χ3v) is 6.21. The Kier molecular flexibility index (Phi) is 7.90. The predicted octanol–water partition coefficient (Wildman–Crippen LogP) is 2.91. The number of pyridine rings is 1. The molecule has 1 amide bonds. The highest BCUT2D eigenvalue weighted by Crippen LogP contribution is 2.22. The number of hydrogen-bond donors (Lipinski definition) is 1. The van der Waals surface area contributed by atoms with Crippen LogP contribution in [0.4, 0.5) is 5.82 Å². The summed E-state index contributed by atoms with van der Waals surface area (Å²) in [5.74, 6) is 0.252. The number of benzene rings is 1. The Hall–Kier alpha value is -3.26. The van der Waals surface area contributed by atoms with Crippen LogP contribution in [-0.2, 0) is 16.1 Å². The summed E-state index contributed by atoms with van der Waals surface area (Å²) in [6, 6.07) is 11.9. The standard InChI is InChI=1S/C26H33N5O3/c1-3-34-16-6-14-28-25(32)21-7-5-15-30(18-21)24-26(33)31(17-20-11-9-19(2)10-12-20)23-22(29-24)8-4-13-27-23/h4,8-13,21H,3,5-7,14-18H2,1-2H3,(H,28,32)/t21-/m1/s1. The molecule has 1 N–H and O–H groups in total. The van der Waals surface area contributed by atoms with Gasteiger partial charge in [-0.3, -0.25) is 14.2 Å². The molecular weight excluding hydrogens is 430 g/mol. The van der Waals surface area contributed by atoms with Crippen molar-refractivity contribution in [2.75, 3.05) is 37.7 Å². The number of carbonyl (C=O) groups is 1. The maximum Gasteiger partial charge on any atom is 0.295 e. The maximum atomic E-state index is 13.6. The van der Waals surface area contributed by atoms with Crippen LogP contribution in [0.5, 0.6) is 0 Å². The first kappa shape index (κ1) is 23.9. The largest absolute Gasteiger partial charge is 0.382 e. The van der Waals surface area contributed by atoms with E-state index in [1.165, 1.54) is 5.56 Å². The Bertz CT molecular complexity index is 1180. The summed E-state index contributed by atoms with van der Waals surface area (Å²) in [5, 5.41) is 3.02. The SMILES string of the molecule is CCOCCCNC(=O)[C@@H]1CCCN(c2nc3cccnc3n(Cc3ccc(C)cc3)c2=O)C1. The number of carbonyl (C=O) groups excluding carboxylic acids is 1. The fraction of sp³-hybridized carbons (Fsp3) is 0.462. The highest BCUT2D eigenvalue weighted by molar-refractivity contribution is 5.79. The van der Waals surface area contributed by atoms with E-state index >= 15 is 0 Å². The van der Waals surface area contributed by atoms with Crippen LogP contribution in [0.1, 0.15) is 37.3 Å². The van der Waals surface area contributed by atoms with Crippen molar-refractivity contribution in [3.8, 4) is 0 Å². The number of piperidine rings is 1. The molecule has 34 heavy (non-hydrogen) atoms. The number of rotatable bonds is 9. The van der Waals surface area contributed by atoms with E-state index in [9.17, 15) is 9.59 Å². The Morgan fingerprint density at radius 2 is 2.06 bits per heavy atom. The lowest BCUT2D eigenvalue weighted by Crippen LogP contribution is -2.46. The summed E-state index contributed by atoms with van der Waals surface area (Å²) < 4.78 is 7.03. The van der Waals surface area contributed by atoms with Crippen molar-refractivity contribution in [1.29, 1.82) is 0 Å². The minimum absolute atomic E-state index is 0.0311. The van der Waals surface area contributed by atoms with Crippen molar-refractivity contribution < 1.29 is 9.53 Å². The number of nitrogens with one attached hydrogen (secondary N) is 1. The van der Waals surface area contributed by atoms with Crippen molar-refractivity contribution in [2.24, 2.45) is 5.92 Å². The predicted molar refractivity (Wildman–Crippen MR) is 133 cm³/mol. The molecular formula is C26H33N5O3. The zero-order valence-electron chi connectivity index (χ0n) is 20.0. The molecule has 3 aromatic rings. The second-order valence-electron chi connectivity index (χ2n) is 8.79. The van der Waals surface area contributed by atoms with E-state index in [0.717, 1.165) is 24.8 Å². The average Bonchev–Trinajstić information content (AvgIpc) is 2.86. The van der Waals surface area contributed by atoms with Gasteiger partial charge in [-0.25, -0.2) is 9.97 Å². The summed E-state index contributed by atoms with van der Waals surface area (Å²) in [7, 11) is 0. The number of hydrogen-bond acceptors (Lipinski definition) is 6. The van der Waals surface area contributed by atoms with Crippen LogP contribution in [0.3, 0.4) is 0 Å². The normalized spacial score (nSPS) is 16.1. The van der Waals surface area contributed by atoms with Gasteiger partial charge in [0.2, 0.25) is 5.91 Å². The molecule has 2 aromatic heterocycles. The van der Waals surface area contributed by atoms with E-state index in [-0.39, 0.29) is 17.4 Å². The van der Waals surface area contributed by atoms with Crippen molar-refractivity contribution in [3.05, 3.63) is 64.1 Å². The highest BCUT2D eigenvalue weighted by Gasteiger charge is 2.28. The van der Waals surface area contributed by atoms with E-state index in [1.807, 2.05) is 55.1 Å². The number of anilines is 1. The van der Waals surface area contributed by atoms with Crippen LogP contribution < -0.4 is 15.8 Å². The van der Waals surface area contributed by atoms with Gasteiger partial charge < -0.3 is 15.0 Å². The maximum absolute atomic E-state index is 13.6. The molecule has 8 heteroatoms. The Morgan fingerprint density at radius 1 is 1.24 bits per heavy atom. The summed E-state index contributed by atoms with van der Waals surface area (Å²) in [6.45, 7) is 7.52. The minimum atomic E-state index is -0.176. The third kappa shape index (κ3) is 5.62. The van der Waals surface area contributed by atoms with Crippen LogP contribution in [-0.4, -0.2) is 53.3 Å². The quantitative estimate of drug-likeness (QED) is 0.491. The van der Waals surface area contributed by atoms with E-state index in [0.29, 0.717) is 56.4 Å². The molecule has 1 aliphatic rings. The van der Waals surface area contributed by atoms with Crippen LogP contribution in [0.25, 0.3) is 11.2 Å². The molecule has 0 radical (unpaired) electrons. The van der Waals surface area contributed by atoms with E-state index < -0.39 is 0 Å². The monoisotopic (exact) mass is 463 g/mol. The summed E-state index contributed by atoms with van der Waals surface area (Å²) in [4.78, 5) is 37.5. The Labute approximate surface area is 200 Å². The Morgan fingerprint density at radius 3 is 2.85 bits per heavy atom. The number of amides is 1. The fourth-order valence-corrected chi connectivity index (χ4v) is 4.35. The molecule has 0 unspecified atom stereocenters. The number of aryl methyl sites for hydroxylation is 1. The van der Waals surface area contributed by atoms with Crippen molar-refractivity contribution in [2.45, 2.75) is 39.7 Å².